The zero-order valence-corrected chi connectivity index (χ0v) is 24.8. The summed E-state index contributed by atoms with van der Waals surface area (Å²) in [6.07, 6.45) is 33.6. The van der Waals surface area contributed by atoms with Crippen molar-refractivity contribution in [2.75, 3.05) is 0 Å². The van der Waals surface area contributed by atoms with Crippen molar-refractivity contribution in [2.45, 2.75) is 187 Å². The van der Waals surface area contributed by atoms with Gasteiger partial charge < -0.3 is 9.84 Å². The minimum atomic E-state index is -0.702. The van der Waals surface area contributed by atoms with Gasteiger partial charge in [0.05, 0.1) is 0 Å². The molecule has 4 nitrogen and oxygen atoms in total. The Morgan fingerprint density at radius 2 is 0.973 bits per heavy atom. The van der Waals surface area contributed by atoms with Gasteiger partial charge in [0.2, 0.25) is 0 Å². The summed E-state index contributed by atoms with van der Waals surface area (Å²) in [6, 6.07) is 0. The van der Waals surface area contributed by atoms with Crippen molar-refractivity contribution < 1.29 is 19.4 Å². The Morgan fingerprint density at radius 3 is 1.51 bits per heavy atom. The molecule has 1 N–H and O–H groups in total. The van der Waals surface area contributed by atoms with E-state index in [0.717, 1.165) is 64.2 Å². The van der Waals surface area contributed by atoms with Crippen LogP contribution < -0.4 is 0 Å². The van der Waals surface area contributed by atoms with E-state index in [1.54, 1.807) is 0 Å². The van der Waals surface area contributed by atoms with Crippen LogP contribution in [0.4, 0.5) is 0 Å². The lowest BCUT2D eigenvalue weighted by Gasteiger charge is -2.18. The molecule has 0 aliphatic carbocycles. The number of carbonyl (C=O) groups is 2. The summed E-state index contributed by atoms with van der Waals surface area (Å²) < 4.78 is 5.93. The molecule has 218 valence electrons. The van der Waals surface area contributed by atoms with Gasteiger partial charge in [-0.3, -0.25) is 9.59 Å². The van der Waals surface area contributed by atoms with E-state index in [1.807, 2.05) is 0 Å². The Balaban J connectivity index is 4.01. The Bertz CT molecular complexity index is 528. The Morgan fingerprint density at radius 1 is 0.568 bits per heavy atom. The van der Waals surface area contributed by atoms with E-state index < -0.39 is 5.97 Å². The smallest absolute Gasteiger partial charge is 0.306 e. The first-order valence-corrected chi connectivity index (χ1v) is 16.2. The maximum atomic E-state index is 12.5. The van der Waals surface area contributed by atoms with Crippen molar-refractivity contribution in [1.29, 1.82) is 0 Å². The molecule has 0 fully saturated rings. The lowest BCUT2D eigenvalue weighted by molar-refractivity contribution is -0.150. The summed E-state index contributed by atoms with van der Waals surface area (Å²) in [5, 5.41) is 8.75. The maximum Gasteiger partial charge on any atom is 0.306 e. The monoisotopic (exact) mass is 522 g/mol. The number of rotatable bonds is 29. The van der Waals surface area contributed by atoms with Crippen molar-refractivity contribution in [3.63, 3.8) is 0 Å². The molecular formula is C33H62O4. The number of ether oxygens (including phenoxy) is 1. The van der Waals surface area contributed by atoms with Crippen LogP contribution in [0.3, 0.4) is 0 Å². The number of hydrogen-bond donors (Lipinski definition) is 1. The van der Waals surface area contributed by atoms with E-state index in [2.05, 4.69) is 26.0 Å². The second-order valence-corrected chi connectivity index (χ2v) is 11.0. The highest BCUT2D eigenvalue weighted by Gasteiger charge is 2.14. The zero-order chi connectivity index (χ0) is 27.2. The van der Waals surface area contributed by atoms with Crippen LogP contribution in [0.15, 0.2) is 12.2 Å². The lowest BCUT2D eigenvalue weighted by Crippen LogP contribution is -2.18. The zero-order valence-electron chi connectivity index (χ0n) is 24.8. The van der Waals surface area contributed by atoms with Gasteiger partial charge in [-0.1, -0.05) is 116 Å². The van der Waals surface area contributed by atoms with E-state index in [0.29, 0.717) is 6.42 Å². The first-order valence-electron chi connectivity index (χ1n) is 16.2. The summed E-state index contributed by atoms with van der Waals surface area (Å²) in [5.74, 6) is -0.712. The minimum Gasteiger partial charge on any atom is -0.481 e. The van der Waals surface area contributed by atoms with E-state index >= 15 is 0 Å². The molecule has 0 saturated heterocycles. The van der Waals surface area contributed by atoms with Crippen LogP contribution in [-0.4, -0.2) is 23.1 Å². The van der Waals surface area contributed by atoms with Crippen LogP contribution in [0.2, 0.25) is 0 Å². The van der Waals surface area contributed by atoms with Gasteiger partial charge in [-0.05, 0) is 64.2 Å². The highest BCUT2D eigenvalue weighted by molar-refractivity contribution is 5.69. The minimum absolute atomic E-state index is 0.00980. The molecule has 0 aromatic carbocycles. The van der Waals surface area contributed by atoms with Crippen molar-refractivity contribution in [2.24, 2.45) is 0 Å². The van der Waals surface area contributed by atoms with Crippen molar-refractivity contribution >= 4 is 11.9 Å². The van der Waals surface area contributed by atoms with Crippen molar-refractivity contribution in [3.8, 4) is 0 Å². The first kappa shape index (κ1) is 35.7. The fraction of sp³-hybridized carbons (Fsp3) is 0.879. The van der Waals surface area contributed by atoms with Gasteiger partial charge >= 0.3 is 11.9 Å². The number of allylic oxidation sites excluding steroid dienone is 2. The quantitative estimate of drug-likeness (QED) is 0.0602. The number of aliphatic carboxylic acids is 1. The van der Waals surface area contributed by atoms with Gasteiger partial charge in [-0.2, -0.15) is 0 Å². The molecule has 1 atom stereocenters. The number of hydrogen-bond acceptors (Lipinski definition) is 3. The average Bonchev–Trinajstić information content (AvgIpc) is 2.87. The van der Waals surface area contributed by atoms with Gasteiger partial charge in [0.1, 0.15) is 6.10 Å². The van der Waals surface area contributed by atoms with Crippen LogP contribution in [0.25, 0.3) is 0 Å². The van der Waals surface area contributed by atoms with Gasteiger partial charge in [0.15, 0.2) is 0 Å². The third kappa shape index (κ3) is 29.1. The predicted molar refractivity (Wildman–Crippen MR) is 158 cm³/mol. The summed E-state index contributed by atoms with van der Waals surface area (Å²) in [4.78, 5) is 23.1. The molecule has 0 spiro atoms. The van der Waals surface area contributed by atoms with Gasteiger partial charge in [-0.25, -0.2) is 0 Å². The van der Waals surface area contributed by atoms with Crippen LogP contribution in [0.5, 0.6) is 0 Å². The molecule has 0 rings (SSSR count). The van der Waals surface area contributed by atoms with E-state index in [4.69, 9.17) is 9.84 Å². The predicted octanol–water partition coefficient (Wildman–Crippen LogP) is 10.7. The second kappa shape index (κ2) is 29.2. The molecular weight excluding hydrogens is 460 g/mol. The van der Waals surface area contributed by atoms with Gasteiger partial charge in [0, 0.05) is 12.8 Å². The molecule has 0 saturated carbocycles. The normalized spacial score (nSPS) is 12.3. The molecule has 0 heterocycles. The molecule has 0 aromatic rings. The van der Waals surface area contributed by atoms with Crippen LogP contribution in [-0.2, 0) is 14.3 Å². The first-order chi connectivity index (χ1) is 18.1. The highest BCUT2D eigenvalue weighted by Crippen LogP contribution is 2.18. The molecule has 0 aliphatic rings. The molecule has 0 bridgehead atoms. The van der Waals surface area contributed by atoms with Gasteiger partial charge in [-0.15, -0.1) is 0 Å². The summed E-state index contributed by atoms with van der Waals surface area (Å²) in [5.41, 5.74) is 0. The van der Waals surface area contributed by atoms with Crippen molar-refractivity contribution in [1.82, 2.24) is 0 Å². The molecule has 4 heteroatoms. The summed E-state index contributed by atoms with van der Waals surface area (Å²) in [7, 11) is 0. The number of carboxylic acid groups (broad SMARTS) is 1. The number of carbonyl (C=O) groups excluding carboxylic acids is 1. The molecule has 0 aliphatic heterocycles. The van der Waals surface area contributed by atoms with Crippen LogP contribution in [0.1, 0.15) is 181 Å². The largest absolute Gasteiger partial charge is 0.481 e. The lowest BCUT2D eigenvalue weighted by atomic mass is 10.0. The van der Waals surface area contributed by atoms with E-state index in [-0.39, 0.29) is 18.5 Å². The Labute approximate surface area is 230 Å². The van der Waals surface area contributed by atoms with Gasteiger partial charge in [0.25, 0.3) is 0 Å². The van der Waals surface area contributed by atoms with Crippen LogP contribution in [0, 0.1) is 0 Å². The number of unbranched alkanes of at least 4 members (excludes halogenated alkanes) is 18. The SMILES string of the molecule is CCCCC/C=C\CCCCCCCC(=O)OC(CCCCCCCCC)CCCCCCCC(=O)O. The Kier molecular flexibility index (Phi) is 28.2. The van der Waals surface area contributed by atoms with Crippen molar-refractivity contribution in [3.05, 3.63) is 12.2 Å². The molecule has 0 amide bonds. The average molecular weight is 523 g/mol. The highest BCUT2D eigenvalue weighted by atomic mass is 16.5. The van der Waals surface area contributed by atoms with E-state index in [9.17, 15) is 9.59 Å². The fourth-order valence-corrected chi connectivity index (χ4v) is 4.82. The molecule has 0 radical (unpaired) electrons. The standard InChI is InChI=1S/C33H62O4/c1-3-5-7-9-11-12-13-14-15-17-22-26-30-33(36)37-31(27-23-19-16-10-8-6-4-2)28-24-20-18-21-25-29-32(34)35/h11-12,31H,3-10,13-30H2,1-2H3,(H,34,35)/b12-11-. The fourth-order valence-electron chi connectivity index (χ4n) is 4.82. The molecule has 37 heavy (non-hydrogen) atoms. The summed E-state index contributed by atoms with van der Waals surface area (Å²) >= 11 is 0. The Hall–Kier alpha value is -1.32. The third-order valence-electron chi connectivity index (χ3n) is 7.24. The van der Waals surface area contributed by atoms with Crippen LogP contribution >= 0.6 is 0 Å². The summed E-state index contributed by atoms with van der Waals surface area (Å²) in [6.45, 7) is 4.50. The van der Waals surface area contributed by atoms with E-state index in [1.165, 1.54) is 89.9 Å². The topological polar surface area (TPSA) is 63.6 Å². The molecule has 0 aromatic heterocycles. The number of carboxylic acids is 1. The molecule has 1 unspecified atom stereocenters. The maximum absolute atomic E-state index is 12.5. The third-order valence-corrected chi connectivity index (χ3v) is 7.24. The second-order valence-electron chi connectivity index (χ2n) is 11.0. The number of esters is 1.